The van der Waals surface area contributed by atoms with Crippen LogP contribution in [0.4, 0.5) is 0 Å². The fraction of sp³-hybridized carbons (Fsp3) is 0.182. The highest BCUT2D eigenvalue weighted by atomic mass is 16.5. The van der Waals surface area contributed by atoms with Gasteiger partial charge in [0.2, 0.25) is 0 Å². The van der Waals surface area contributed by atoms with Crippen LogP contribution in [0.3, 0.4) is 0 Å². The molecule has 0 bridgehead atoms. The summed E-state index contributed by atoms with van der Waals surface area (Å²) < 4.78 is 11.1. The number of benzene rings is 1. The number of fused-ring (bicyclic) bond motifs is 1. The number of ether oxygens (including phenoxy) is 2. The number of rotatable bonds is 2. The second-order valence-corrected chi connectivity index (χ2v) is 3.14. The Bertz CT molecular complexity index is 496. The topological polar surface area (TPSA) is 45.4 Å². The van der Waals surface area contributed by atoms with Crippen molar-refractivity contribution in [3.8, 4) is 11.5 Å². The molecule has 78 valence electrons. The standard InChI is InChI=1S/C11H11NO3/c1-14-9-5-8-3-4-12(13)7-10(8)11(6-9)15-2/h3-7H,1-2H3. The van der Waals surface area contributed by atoms with Crippen LogP contribution in [-0.2, 0) is 0 Å². The number of nitrogens with zero attached hydrogens (tertiary/aromatic N) is 1. The van der Waals surface area contributed by atoms with E-state index in [1.807, 2.05) is 6.07 Å². The van der Waals surface area contributed by atoms with Crippen molar-refractivity contribution in [1.82, 2.24) is 0 Å². The molecule has 0 spiro atoms. The van der Waals surface area contributed by atoms with E-state index in [2.05, 4.69) is 0 Å². The Kier molecular flexibility index (Phi) is 2.33. The van der Waals surface area contributed by atoms with Crippen LogP contribution in [0, 0.1) is 5.21 Å². The maximum atomic E-state index is 11.1. The first kappa shape index (κ1) is 9.58. The Hall–Kier alpha value is -1.97. The molecule has 0 N–H and O–H groups in total. The minimum Gasteiger partial charge on any atom is -0.619 e. The summed E-state index contributed by atoms with van der Waals surface area (Å²) >= 11 is 0. The first-order valence-electron chi connectivity index (χ1n) is 4.49. The molecule has 4 nitrogen and oxygen atoms in total. The molecule has 4 heteroatoms. The van der Waals surface area contributed by atoms with E-state index in [1.54, 1.807) is 26.4 Å². The van der Waals surface area contributed by atoms with Gasteiger partial charge in [-0.1, -0.05) is 0 Å². The van der Waals surface area contributed by atoms with Crippen molar-refractivity contribution < 1.29 is 14.2 Å². The van der Waals surface area contributed by atoms with Gasteiger partial charge >= 0.3 is 0 Å². The third kappa shape index (κ3) is 1.66. The number of aromatic nitrogens is 1. The molecule has 2 rings (SSSR count). The van der Waals surface area contributed by atoms with E-state index in [-0.39, 0.29) is 0 Å². The van der Waals surface area contributed by atoms with Crippen molar-refractivity contribution in [2.75, 3.05) is 14.2 Å². The molecule has 0 saturated heterocycles. The van der Waals surface area contributed by atoms with E-state index in [0.29, 0.717) is 11.5 Å². The van der Waals surface area contributed by atoms with Gasteiger partial charge in [0.1, 0.15) is 11.5 Å². The summed E-state index contributed by atoms with van der Waals surface area (Å²) in [6.07, 6.45) is 2.93. The number of pyridine rings is 1. The molecule has 1 aromatic carbocycles. The SMILES string of the molecule is COc1cc(OC)c2c[n+]([O-])ccc2c1. The quantitative estimate of drug-likeness (QED) is 0.551. The van der Waals surface area contributed by atoms with Gasteiger partial charge in [-0.3, -0.25) is 0 Å². The minimum atomic E-state index is 0.634. The number of methoxy groups -OCH3 is 2. The fourth-order valence-corrected chi connectivity index (χ4v) is 1.51. The van der Waals surface area contributed by atoms with Gasteiger partial charge in [-0.2, -0.15) is 4.73 Å². The fourth-order valence-electron chi connectivity index (χ4n) is 1.51. The van der Waals surface area contributed by atoms with E-state index in [4.69, 9.17) is 9.47 Å². The Morgan fingerprint density at radius 2 is 2.00 bits per heavy atom. The van der Waals surface area contributed by atoms with Gasteiger partial charge in [-0.05, 0) is 6.07 Å². The van der Waals surface area contributed by atoms with Crippen LogP contribution < -0.4 is 14.2 Å². The summed E-state index contributed by atoms with van der Waals surface area (Å²) in [4.78, 5) is 0. The second kappa shape index (κ2) is 3.65. The van der Waals surface area contributed by atoms with Crippen molar-refractivity contribution in [3.05, 3.63) is 35.8 Å². The van der Waals surface area contributed by atoms with Gasteiger partial charge in [0.05, 0.1) is 19.6 Å². The molecule has 0 saturated carbocycles. The Labute approximate surface area is 87.2 Å². The van der Waals surface area contributed by atoms with Crippen molar-refractivity contribution >= 4 is 10.8 Å². The third-order valence-corrected chi connectivity index (χ3v) is 2.26. The summed E-state index contributed by atoms with van der Waals surface area (Å²) in [5, 5.41) is 12.8. The molecule has 0 aliphatic carbocycles. The minimum absolute atomic E-state index is 0.634. The zero-order valence-electron chi connectivity index (χ0n) is 8.56. The molecule has 0 amide bonds. The zero-order valence-corrected chi connectivity index (χ0v) is 8.56. The third-order valence-electron chi connectivity index (χ3n) is 2.26. The molecule has 1 heterocycles. The van der Waals surface area contributed by atoms with Crippen LogP contribution >= 0.6 is 0 Å². The summed E-state index contributed by atoms with van der Waals surface area (Å²) in [5.74, 6) is 1.34. The molecule has 15 heavy (non-hydrogen) atoms. The molecule has 0 atom stereocenters. The predicted octanol–water partition coefficient (Wildman–Crippen LogP) is 1.49. The summed E-state index contributed by atoms with van der Waals surface area (Å²) in [7, 11) is 3.16. The van der Waals surface area contributed by atoms with Gasteiger partial charge in [-0.15, -0.1) is 0 Å². The smallest absolute Gasteiger partial charge is 0.191 e. The summed E-state index contributed by atoms with van der Waals surface area (Å²) in [6.45, 7) is 0. The van der Waals surface area contributed by atoms with Crippen LogP contribution in [-0.4, -0.2) is 14.2 Å². The highest BCUT2D eigenvalue weighted by Gasteiger charge is 2.07. The normalized spacial score (nSPS) is 10.3. The van der Waals surface area contributed by atoms with Gasteiger partial charge in [0, 0.05) is 17.5 Å². The highest BCUT2D eigenvalue weighted by molar-refractivity contribution is 5.88. The van der Waals surface area contributed by atoms with Crippen molar-refractivity contribution in [2.45, 2.75) is 0 Å². The molecule has 0 aliphatic heterocycles. The number of hydrogen-bond acceptors (Lipinski definition) is 3. The lowest BCUT2D eigenvalue weighted by molar-refractivity contribution is -0.603. The Balaban J connectivity index is 2.75. The van der Waals surface area contributed by atoms with Gasteiger partial charge in [-0.25, -0.2) is 0 Å². The van der Waals surface area contributed by atoms with Crippen LogP contribution in [0.5, 0.6) is 11.5 Å². The average molecular weight is 205 g/mol. The van der Waals surface area contributed by atoms with E-state index < -0.39 is 0 Å². The Morgan fingerprint density at radius 1 is 1.20 bits per heavy atom. The molecular weight excluding hydrogens is 194 g/mol. The first-order chi connectivity index (χ1) is 7.24. The van der Waals surface area contributed by atoms with Crippen LogP contribution in [0.15, 0.2) is 30.6 Å². The Morgan fingerprint density at radius 3 is 2.67 bits per heavy atom. The molecule has 0 unspecified atom stereocenters. The van der Waals surface area contributed by atoms with Gasteiger partial charge < -0.3 is 14.7 Å². The molecule has 1 aromatic heterocycles. The lowest BCUT2D eigenvalue weighted by Crippen LogP contribution is -2.23. The van der Waals surface area contributed by atoms with E-state index >= 15 is 0 Å². The lowest BCUT2D eigenvalue weighted by atomic mass is 10.1. The highest BCUT2D eigenvalue weighted by Crippen LogP contribution is 2.29. The van der Waals surface area contributed by atoms with Crippen LogP contribution in [0.1, 0.15) is 0 Å². The van der Waals surface area contributed by atoms with Crippen molar-refractivity contribution in [1.29, 1.82) is 0 Å². The molecular formula is C11H11NO3. The predicted molar refractivity (Wildman–Crippen MR) is 56.0 cm³/mol. The van der Waals surface area contributed by atoms with Crippen molar-refractivity contribution in [2.24, 2.45) is 0 Å². The summed E-state index contributed by atoms with van der Waals surface area (Å²) in [6, 6.07) is 5.34. The molecule has 0 fully saturated rings. The average Bonchev–Trinajstić information content (AvgIpc) is 2.27. The monoisotopic (exact) mass is 205 g/mol. The van der Waals surface area contributed by atoms with Crippen LogP contribution in [0.25, 0.3) is 10.8 Å². The van der Waals surface area contributed by atoms with Crippen molar-refractivity contribution in [3.63, 3.8) is 0 Å². The maximum absolute atomic E-state index is 11.1. The van der Waals surface area contributed by atoms with Gasteiger partial charge in [0.25, 0.3) is 0 Å². The zero-order chi connectivity index (χ0) is 10.8. The van der Waals surface area contributed by atoms with Crippen LogP contribution in [0.2, 0.25) is 0 Å². The van der Waals surface area contributed by atoms with Gasteiger partial charge in [0.15, 0.2) is 12.4 Å². The van der Waals surface area contributed by atoms with E-state index in [9.17, 15) is 5.21 Å². The van der Waals surface area contributed by atoms with E-state index in [0.717, 1.165) is 15.5 Å². The largest absolute Gasteiger partial charge is 0.619 e. The molecule has 0 aliphatic rings. The summed E-state index contributed by atoms with van der Waals surface area (Å²) in [5.41, 5.74) is 0. The van der Waals surface area contributed by atoms with E-state index in [1.165, 1.54) is 12.4 Å². The molecule has 2 aromatic rings. The second-order valence-electron chi connectivity index (χ2n) is 3.14. The number of hydrogen-bond donors (Lipinski definition) is 0. The first-order valence-corrected chi connectivity index (χ1v) is 4.49. The lowest BCUT2D eigenvalue weighted by Gasteiger charge is -2.07. The molecule has 0 radical (unpaired) electrons. The maximum Gasteiger partial charge on any atom is 0.191 e.